The summed E-state index contributed by atoms with van der Waals surface area (Å²) in [5, 5.41) is 21.3. The molecule has 4 nitrogen and oxygen atoms in total. The summed E-state index contributed by atoms with van der Waals surface area (Å²) in [4.78, 5) is 0. The Labute approximate surface area is 108 Å². The van der Waals surface area contributed by atoms with Crippen LogP contribution in [-0.4, -0.2) is 36.6 Å². The lowest BCUT2D eigenvalue weighted by Crippen LogP contribution is -2.23. The Kier molecular flexibility index (Phi) is 4.58. The molecule has 0 aliphatic heterocycles. The molecule has 1 aliphatic rings. The summed E-state index contributed by atoms with van der Waals surface area (Å²) in [6.07, 6.45) is 2.62. The molecule has 0 heterocycles. The molecule has 0 radical (unpaired) electrons. The Hall–Kier alpha value is -1.10. The van der Waals surface area contributed by atoms with Gasteiger partial charge in [0.2, 0.25) is 0 Å². The van der Waals surface area contributed by atoms with Crippen molar-refractivity contribution in [3.8, 4) is 5.75 Å². The first-order valence-electron chi connectivity index (χ1n) is 6.46. The van der Waals surface area contributed by atoms with Crippen LogP contribution in [0.3, 0.4) is 0 Å². The molecule has 0 saturated heterocycles. The van der Waals surface area contributed by atoms with Crippen LogP contribution in [0.4, 0.5) is 0 Å². The van der Waals surface area contributed by atoms with E-state index < -0.39 is 6.10 Å². The monoisotopic (exact) mass is 251 g/mol. The summed E-state index contributed by atoms with van der Waals surface area (Å²) in [5.74, 6) is 0.762. The van der Waals surface area contributed by atoms with E-state index >= 15 is 0 Å². The molecular weight excluding hydrogens is 230 g/mol. The zero-order valence-electron chi connectivity index (χ0n) is 10.7. The largest absolute Gasteiger partial charge is 0.491 e. The zero-order valence-corrected chi connectivity index (χ0v) is 10.7. The van der Waals surface area contributed by atoms with Gasteiger partial charge in [0.15, 0.2) is 0 Å². The highest BCUT2D eigenvalue weighted by Crippen LogP contribution is 2.31. The van der Waals surface area contributed by atoms with Gasteiger partial charge in [0.25, 0.3) is 0 Å². The molecule has 2 rings (SSSR count). The van der Waals surface area contributed by atoms with Crippen LogP contribution >= 0.6 is 0 Å². The normalized spacial score (nSPS) is 20.3. The van der Waals surface area contributed by atoms with E-state index in [2.05, 4.69) is 11.4 Å². The third-order valence-electron chi connectivity index (χ3n) is 3.43. The highest BCUT2D eigenvalue weighted by Gasteiger charge is 2.19. The standard InChI is InChI=1S/C14H21NO3/c1-15-14-4-2-3-10-7-12(5-6-13(10)14)18-9-11(17)8-16/h5-7,11,14-17H,2-4,8-9H2,1H3. The van der Waals surface area contributed by atoms with E-state index in [1.807, 2.05) is 19.2 Å². The van der Waals surface area contributed by atoms with E-state index in [0.29, 0.717) is 6.04 Å². The lowest BCUT2D eigenvalue weighted by molar-refractivity contribution is 0.0535. The van der Waals surface area contributed by atoms with Gasteiger partial charge in [-0.2, -0.15) is 0 Å². The number of ether oxygens (including phenoxy) is 1. The van der Waals surface area contributed by atoms with Crippen LogP contribution in [-0.2, 0) is 6.42 Å². The second kappa shape index (κ2) is 6.18. The molecule has 4 heteroatoms. The second-order valence-electron chi connectivity index (χ2n) is 4.74. The lowest BCUT2D eigenvalue weighted by atomic mass is 9.87. The number of hydrogen-bond donors (Lipinski definition) is 3. The smallest absolute Gasteiger partial charge is 0.119 e. The molecule has 0 bridgehead atoms. The van der Waals surface area contributed by atoms with Gasteiger partial charge in [-0.15, -0.1) is 0 Å². The van der Waals surface area contributed by atoms with E-state index in [-0.39, 0.29) is 13.2 Å². The molecule has 3 N–H and O–H groups in total. The van der Waals surface area contributed by atoms with E-state index in [0.717, 1.165) is 12.2 Å². The molecule has 0 fully saturated rings. The van der Waals surface area contributed by atoms with Crippen LogP contribution in [0.1, 0.15) is 30.0 Å². The van der Waals surface area contributed by atoms with Crippen molar-refractivity contribution in [2.45, 2.75) is 31.4 Å². The fourth-order valence-corrected chi connectivity index (χ4v) is 2.43. The van der Waals surface area contributed by atoms with Gasteiger partial charge in [0.1, 0.15) is 18.5 Å². The second-order valence-corrected chi connectivity index (χ2v) is 4.74. The summed E-state index contributed by atoms with van der Waals surface area (Å²) >= 11 is 0. The highest BCUT2D eigenvalue weighted by atomic mass is 16.5. The molecule has 0 amide bonds. The number of fused-ring (bicyclic) bond motifs is 1. The minimum Gasteiger partial charge on any atom is -0.491 e. The SMILES string of the molecule is CNC1CCCc2cc(OCC(O)CO)ccc21. The maximum absolute atomic E-state index is 9.25. The van der Waals surface area contributed by atoms with Gasteiger partial charge in [0.05, 0.1) is 6.61 Å². The molecule has 1 aliphatic carbocycles. The fraction of sp³-hybridized carbons (Fsp3) is 0.571. The average Bonchev–Trinajstić information content (AvgIpc) is 2.43. The molecule has 2 unspecified atom stereocenters. The molecule has 100 valence electrons. The third-order valence-corrected chi connectivity index (χ3v) is 3.43. The van der Waals surface area contributed by atoms with Gasteiger partial charge < -0.3 is 20.3 Å². The van der Waals surface area contributed by atoms with Crippen molar-refractivity contribution in [3.63, 3.8) is 0 Å². The molecule has 1 aromatic rings. The number of nitrogens with one attached hydrogen (secondary N) is 1. The van der Waals surface area contributed by atoms with E-state index in [1.165, 1.54) is 24.0 Å². The number of benzene rings is 1. The van der Waals surface area contributed by atoms with Crippen molar-refractivity contribution in [2.24, 2.45) is 0 Å². The topological polar surface area (TPSA) is 61.7 Å². The minimum absolute atomic E-state index is 0.130. The van der Waals surface area contributed by atoms with Crippen molar-refractivity contribution >= 4 is 0 Å². The Morgan fingerprint density at radius 1 is 1.50 bits per heavy atom. The fourth-order valence-electron chi connectivity index (χ4n) is 2.43. The van der Waals surface area contributed by atoms with Gasteiger partial charge in [-0.3, -0.25) is 0 Å². The first-order valence-corrected chi connectivity index (χ1v) is 6.46. The number of aliphatic hydroxyl groups is 2. The van der Waals surface area contributed by atoms with E-state index in [4.69, 9.17) is 9.84 Å². The van der Waals surface area contributed by atoms with Crippen LogP contribution in [0.15, 0.2) is 18.2 Å². The number of hydrogen-bond acceptors (Lipinski definition) is 4. The number of rotatable bonds is 5. The van der Waals surface area contributed by atoms with E-state index in [1.54, 1.807) is 0 Å². The Bertz CT molecular complexity index is 395. The van der Waals surface area contributed by atoms with Crippen LogP contribution in [0.2, 0.25) is 0 Å². The Balaban J connectivity index is 2.07. The van der Waals surface area contributed by atoms with Crippen LogP contribution in [0, 0.1) is 0 Å². The first kappa shape index (κ1) is 13.3. The van der Waals surface area contributed by atoms with E-state index in [9.17, 15) is 5.11 Å². The Morgan fingerprint density at radius 2 is 2.33 bits per heavy atom. The highest BCUT2D eigenvalue weighted by molar-refractivity contribution is 5.39. The molecule has 0 aromatic heterocycles. The van der Waals surface area contributed by atoms with Crippen molar-refractivity contribution < 1.29 is 14.9 Å². The molecule has 0 spiro atoms. The van der Waals surface area contributed by atoms with Crippen LogP contribution in [0.25, 0.3) is 0 Å². The van der Waals surface area contributed by atoms with Crippen molar-refractivity contribution in [1.82, 2.24) is 5.32 Å². The third kappa shape index (κ3) is 3.02. The average molecular weight is 251 g/mol. The van der Waals surface area contributed by atoms with Gasteiger partial charge in [0, 0.05) is 6.04 Å². The lowest BCUT2D eigenvalue weighted by Gasteiger charge is -2.25. The first-order chi connectivity index (χ1) is 8.74. The molecule has 1 aromatic carbocycles. The molecule has 0 saturated carbocycles. The Morgan fingerprint density at radius 3 is 3.06 bits per heavy atom. The maximum atomic E-state index is 9.25. The summed E-state index contributed by atoms with van der Waals surface area (Å²) in [6.45, 7) is -0.141. The predicted octanol–water partition coefficient (Wildman–Crippen LogP) is 1.02. The molecular formula is C14H21NO3. The summed E-state index contributed by atoms with van der Waals surface area (Å²) in [6, 6.07) is 6.50. The van der Waals surface area contributed by atoms with Crippen LogP contribution in [0.5, 0.6) is 5.75 Å². The quantitative estimate of drug-likeness (QED) is 0.731. The number of aryl methyl sites for hydroxylation is 1. The van der Waals surface area contributed by atoms with Crippen molar-refractivity contribution in [1.29, 1.82) is 0 Å². The zero-order chi connectivity index (χ0) is 13.0. The molecule has 18 heavy (non-hydrogen) atoms. The maximum Gasteiger partial charge on any atom is 0.119 e. The predicted molar refractivity (Wildman–Crippen MR) is 69.8 cm³/mol. The van der Waals surface area contributed by atoms with Crippen LogP contribution < -0.4 is 10.1 Å². The van der Waals surface area contributed by atoms with Crippen molar-refractivity contribution in [3.05, 3.63) is 29.3 Å². The molecule has 2 atom stereocenters. The minimum atomic E-state index is -0.814. The summed E-state index contributed by atoms with van der Waals surface area (Å²) < 4.78 is 5.46. The van der Waals surface area contributed by atoms with Gasteiger partial charge in [-0.05, 0) is 49.6 Å². The summed E-state index contributed by atoms with van der Waals surface area (Å²) in [7, 11) is 1.99. The summed E-state index contributed by atoms with van der Waals surface area (Å²) in [5.41, 5.74) is 2.66. The van der Waals surface area contributed by atoms with Gasteiger partial charge in [-0.25, -0.2) is 0 Å². The number of aliphatic hydroxyl groups excluding tert-OH is 2. The van der Waals surface area contributed by atoms with Gasteiger partial charge in [-0.1, -0.05) is 6.07 Å². The van der Waals surface area contributed by atoms with Crippen molar-refractivity contribution in [2.75, 3.05) is 20.3 Å². The van der Waals surface area contributed by atoms with Gasteiger partial charge >= 0.3 is 0 Å².